The number of urea groups is 1. The first-order chi connectivity index (χ1) is 13.7. The van der Waals surface area contributed by atoms with Crippen LogP contribution in [0.3, 0.4) is 0 Å². The number of nitrogens with zero attached hydrogens (tertiary/aromatic N) is 3. The lowest BCUT2D eigenvalue weighted by atomic mass is 10.1. The Kier molecular flexibility index (Phi) is 5.77. The van der Waals surface area contributed by atoms with Crippen molar-refractivity contribution in [2.45, 2.75) is 52.6 Å². The second-order valence-corrected chi connectivity index (χ2v) is 8.42. The molecule has 2 amide bonds. The summed E-state index contributed by atoms with van der Waals surface area (Å²) >= 11 is 0. The lowest BCUT2D eigenvalue weighted by Gasteiger charge is -2.34. The number of anilines is 1. The van der Waals surface area contributed by atoms with E-state index in [9.17, 15) is 9.59 Å². The predicted octanol–water partition coefficient (Wildman–Crippen LogP) is 4.18. The van der Waals surface area contributed by atoms with Crippen LogP contribution in [0.2, 0.25) is 0 Å². The van der Waals surface area contributed by atoms with Gasteiger partial charge in [0.1, 0.15) is 0 Å². The van der Waals surface area contributed by atoms with Crippen LogP contribution in [0.4, 0.5) is 10.5 Å². The van der Waals surface area contributed by atoms with Gasteiger partial charge >= 0.3 is 11.7 Å². The number of fused-ring (bicyclic) bond motifs is 2. The molecule has 1 aromatic carbocycles. The maximum atomic E-state index is 12.0. The highest BCUT2D eigenvalue weighted by Gasteiger charge is 2.28. The van der Waals surface area contributed by atoms with E-state index in [0.29, 0.717) is 5.65 Å². The van der Waals surface area contributed by atoms with Crippen molar-refractivity contribution >= 4 is 22.9 Å². The standard InChI is InChI=1S/C13H18N2O.C9H11N3O/c1-13(2,3)15-9-8-10-6-4-5-7-11(10)14-12(15)16;1-6(2)12-7-4-3-5-10-8(7)11-9(12)13/h4-7H,8-9H2,1-3H3,(H,14,16);3-6H,1-2H3,(H,10,11,13). The van der Waals surface area contributed by atoms with Gasteiger partial charge in [-0.3, -0.25) is 9.55 Å². The molecule has 0 unspecified atom stereocenters. The van der Waals surface area contributed by atoms with E-state index in [-0.39, 0.29) is 23.3 Å². The Morgan fingerprint density at radius 2 is 1.79 bits per heavy atom. The third-order valence-electron chi connectivity index (χ3n) is 4.93. The molecular weight excluding hydrogens is 366 g/mol. The zero-order valence-corrected chi connectivity index (χ0v) is 17.7. The molecule has 7 nitrogen and oxygen atoms in total. The number of imidazole rings is 1. The number of hydrogen-bond acceptors (Lipinski definition) is 3. The van der Waals surface area contributed by atoms with Crippen molar-refractivity contribution in [3.05, 3.63) is 58.6 Å². The molecule has 0 bridgehead atoms. The van der Waals surface area contributed by atoms with Crippen LogP contribution >= 0.6 is 0 Å². The number of nitrogens with one attached hydrogen (secondary N) is 2. The van der Waals surface area contributed by atoms with E-state index in [1.54, 1.807) is 10.8 Å². The molecule has 0 atom stereocenters. The van der Waals surface area contributed by atoms with Crippen LogP contribution in [0.5, 0.6) is 0 Å². The second kappa shape index (κ2) is 8.11. The molecule has 1 aliphatic rings. The number of benzene rings is 1. The maximum Gasteiger partial charge on any atom is 0.327 e. The Morgan fingerprint density at radius 1 is 1.07 bits per heavy atom. The van der Waals surface area contributed by atoms with Gasteiger partial charge in [0.2, 0.25) is 0 Å². The van der Waals surface area contributed by atoms with Gasteiger partial charge in [-0.1, -0.05) is 18.2 Å². The Balaban J connectivity index is 0.000000169. The summed E-state index contributed by atoms with van der Waals surface area (Å²) in [5, 5.41) is 2.97. The summed E-state index contributed by atoms with van der Waals surface area (Å²) in [6.07, 6.45) is 2.58. The maximum absolute atomic E-state index is 12.0. The van der Waals surface area contributed by atoms with Gasteiger partial charge in [0.25, 0.3) is 0 Å². The van der Waals surface area contributed by atoms with Gasteiger partial charge in [-0.05, 0) is 64.8 Å². The number of pyridine rings is 1. The number of aromatic nitrogens is 3. The van der Waals surface area contributed by atoms with E-state index in [4.69, 9.17) is 0 Å². The third kappa shape index (κ3) is 4.50. The first-order valence-electron chi connectivity index (χ1n) is 9.90. The number of carbonyl (C=O) groups is 1. The van der Waals surface area contributed by atoms with Crippen molar-refractivity contribution in [3.63, 3.8) is 0 Å². The van der Waals surface area contributed by atoms with E-state index in [0.717, 1.165) is 24.2 Å². The first-order valence-corrected chi connectivity index (χ1v) is 9.90. The normalized spacial score (nSPS) is 14.1. The summed E-state index contributed by atoms with van der Waals surface area (Å²) in [6, 6.07) is 11.9. The molecular formula is C22H29N5O2. The lowest BCUT2D eigenvalue weighted by Crippen LogP contribution is -2.47. The van der Waals surface area contributed by atoms with Gasteiger partial charge in [0, 0.05) is 30.0 Å². The van der Waals surface area contributed by atoms with E-state index in [1.165, 1.54) is 5.56 Å². The average molecular weight is 396 g/mol. The molecule has 0 saturated carbocycles. The SMILES string of the molecule is CC(C)(C)N1CCc2ccccc2NC1=O.CC(C)n1c(=O)[nH]c2ncccc21. The molecule has 0 aliphatic carbocycles. The van der Waals surface area contributed by atoms with Crippen molar-refractivity contribution < 1.29 is 4.79 Å². The molecule has 2 aromatic heterocycles. The van der Waals surface area contributed by atoms with E-state index >= 15 is 0 Å². The summed E-state index contributed by atoms with van der Waals surface area (Å²) < 4.78 is 1.70. The second-order valence-electron chi connectivity index (χ2n) is 8.42. The molecule has 29 heavy (non-hydrogen) atoms. The van der Waals surface area contributed by atoms with Crippen LogP contribution in [-0.4, -0.2) is 37.5 Å². The zero-order chi connectivity index (χ0) is 21.2. The van der Waals surface area contributed by atoms with Gasteiger partial charge in [0.15, 0.2) is 5.65 Å². The molecule has 154 valence electrons. The topological polar surface area (TPSA) is 83.0 Å². The van der Waals surface area contributed by atoms with Crippen LogP contribution in [0.25, 0.3) is 11.2 Å². The smallest absolute Gasteiger partial charge is 0.319 e. The lowest BCUT2D eigenvalue weighted by molar-refractivity contribution is 0.159. The summed E-state index contributed by atoms with van der Waals surface area (Å²) in [7, 11) is 0. The fourth-order valence-electron chi connectivity index (χ4n) is 3.49. The predicted molar refractivity (Wildman–Crippen MR) is 116 cm³/mol. The average Bonchev–Trinajstić information content (AvgIpc) is 2.87. The fourth-order valence-corrected chi connectivity index (χ4v) is 3.49. The molecule has 1 aliphatic heterocycles. The third-order valence-corrected chi connectivity index (χ3v) is 4.93. The number of aromatic amines is 1. The van der Waals surface area contributed by atoms with Gasteiger partial charge in [-0.2, -0.15) is 0 Å². The van der Waals surface area contributed by atoms with Crippen molar-refractivity contribution in [2.24, 2.45) is 0 Å². The number of para-hydroxylation sites is 1. The monoisotopic (exact) mass is 395 g/mol. The van der Waals surface area contributed by atoms with Crippen LogP contribution in [-0.2, 0) is 6.42 Å². The van der Waals surface area contributed by atoms with Crippen molar-refractivity contribution in [3.8, 4) is 0 Å². The Morgan fingerprint density at radius 3 is 2.48 bits per heavy atom. The molecule has 7 heteroatoms. The summed E-state index contributed by atoms with van der Waals surface area (Å²) in [5.41, 5.74) is 3.45. The number of amides is 2. The number of H-pyrrole nitrogens is 1. The van der Waals surface area contributed by atoms with Gasteiger partial charge in [0.05, 0.1) is 5.52 Å². The Labute approximate surface area is 170 Å². The summed E-state index contributed by atoms with van der Waals surface area (Å²) in [6.45, 7) is 10.9. The first kappa shape index (κ1) is 20.6. The van der Waals surface area contributed by atoms with E-state index in [1.807, 2.05) is 49.1 Å². The molecule has 0 fully saturated rings. The van der Waals surface area contributed by atoms with E-state index < -0.39 is 0 Å². The van der Waals surface area contributed by atoms with Gasteiger partial charge in [-0.15, -0.1) is 0 Å². The Hall–Kier alpha value is -3.09. The number of hydrogen-bond donors (Lipinski definition) is 2. The highest BCUT2D eigenvalue weighted by atomic mass is 16.2. The van der Waals surface area contributed by atoms with Crippen molar-refractivity contribution in [1.29, 1.82) is 0 Å². The number of carbonyl (C=O) groups excluding carboxylic acids is 1. The molecule has 0 saturated heterocycles. The Bertz CT molecular complexity index is 1060. The minimum absolute atomic E-state index is 0.00236. The van der Waals surface area contributed by atoms with Crippen LogP contribution < -0.4 is 11.0 Å². The van der Waals surface area contributed by atoms with Gasteiger partial charge in [-0.25, -0.2) is 14.6 Å². The van der Waals surface area contributed by atoms with Crippen molar-refractivity contribution in [1.82, 2.24) is 19.4 Å². The van der Waals surface area contributed by atoms with E-state index in [2.05, 4.69) is 42.1 Å². The largest absolute Gasteiger partial charge is 0.327 e. The molecule has 3 aromatic rings. The molecule has 2 N–H and O–H groups in total. The molecule has 0 radical (unpaired) electrons. The van der Waals surface area contributed by atoms with Gasteiger partial charge < -0.3 is 10.2 Å². The minimum Gasteiger partial charge on any atom is -0.319 e. The van der Waals surface area contributed by atoms with Crippen LogP contribution in [0.15, 0.2) is 47.4 Å². The molecule has 4 rings (SSSR count). The van der Waals surface area contributed by atoms with Crippen LogP contribution in [0.1, 0.15) is 46.2 Å². The van der Waals surface area contributed by atoms with Crippen molar-refractivity contribution in [2.75, 3.05) is 11.9 Å². The highest BCUT2D eigenvalue weighted by Crippen LogP contribution is 2.24. The minimum atomic E-state index is -0.133. The zero-order valence-electron chi connectivity index (χ0n) is 17.7. The fraction of sp³-hybridized carbons (Fsp3) is 0.409. The number of rotatable bonds is 1. The summed E-state index contributed by atoms with van der Waals surface area (Å²) in [4.78, 5) is 32.1. The summed E-state index contributed by atoms with van der Waals surface area (Å²) in [5.74, 6) is 0. The quantitative estimate of drug-likeness (QED) is 0.648. The molecule has 3 heterocycles. The highest BCUT2D eigenvalue weighted by molar-refractivity contribution is 5.91. The van der Waals surface area contributed by atoms with Crippen LogP contribution in [0, 0.1) is 0 Å². The molecule has 0 spiro atoms.